The van der Waals surface area contributed by atoms with Crippen molar-refractivity contribution in [3.05, 3.63) is 388 Å². The van der Waals surface area contributed by atoms with Crippen LogP contribution in [0.2, 0.25) is 0 Å². The largest absolute Gasteiger partial charge is 0.213 e. The summed E-state index contributed by atoms with van der Waals surface area (Å²) in [5, 5.41) is 0. The zero-order chi connectivity index (χ0) is 110. The Morgan fingerprint density at radius 1 is 0.317 bits per heavy atom. The van der Waals surface area contributed by atoms with Crippen LogP contribution in [0.15, 0.2) is 316 Å². The molecule has 10 aromatic carbocycles. The van der Waals surface area contributed by atoms with Crippen LogP contribution >= 0.6 is 0 Å². The second-order valence-electron chi connectivity index (χ2n) is 32.2. The number of hydrogen-bond donors (Lipinski definition) is 0. The first kappa shape index (κ1) is 59.7. The lowest BCUT2D eigenvalue weighted by molar-refractivity contribution is -0.660. The Morgan fingerprint density at radius 3 is 0.976 bits per heavy atom. The average molecular weight is 1650 g/mol. The van der Waals surface area contributed by atoms with E-state index in [9.17, 15) is 0 Å². The van der Waals surface area contributed by atoms with E-state index >= 15 is 0 Å². The Kier molecular flexibility index (Phi) is 20.2. The zero-order valence-electron chi connectivity index (χ0n) is 100. The van der Waals surface area contributed by atoms with Gasteiger partial charge in [0.1, 0.15) is 35.2 Å². The molecule has 0 amide bonds. The molecule has 624 valence electrons. The standard InChI is InChI=1S/C25H28N.C25H30N.C24H26N.C23H26N.C21H22N/c1-19-9-6-7-14-24(19)25-18-23(15-16-26(25)2)22-13-8-12-21(17-22)20-10-4-3-5-11-20;1-17(2)21-13-22(18(3)4)15-23(14-21)20-11-12-26(6)25(16-20)24-10-8-7-9-19(24)5;1-18-8-3-6-13-23(18)24-17-22(14-15-25(24)2)21-12-7-11-20(16-21)19-9-4-5-10-19;1-5-18-13-19(6-2)15-21(14-18)20-11-12-24(4)23(16-20)22-10-8-7-9-17(22)3;1-15-11-16(2)13-19(12-15)18-9-10-22(4)21(14-18)20-8-6-5-7-17(20)3/h6-9,12-18,20H,3-5,10-11H2,1-2H3;7-18H,1-6H3;3,6-8,11-17,19H,4-5,9-10H2,1-2H3;7-16H,5-6H2,1-4H3;5-14H,1-4H3/q5*+1/i4D2,10D2,20D;1D3,3D3,17D,18D;4D2,9D2,19D;1D3,2D3;1D3. The molecular weight excluding hydrogens is 1490 g/mol. The van der Waals surface area contributed by atoms with Gasteiger partial charge in [-0.25, -0.2) is 22.8 Å². The molecule has 2 fully saturated rings. The van der Waals surface area contributed by atoms with Crippen molar-refractivity contribution < 1.29 is 59.8 Å². The first-order valence-corrected chi connectivity index (χ1v) is 42.2. The summed E-state index contributed by atoms with van der Waals surface area (Å²) in [6, 6.07) is 91.5. The van der Waals surface area contributed by atoms with Crippen molar-refractivity contribution in [2.45, 2.75) is 184 Å². The molecule has 4 unspecified atom stereocenters. The van der Waals surface area contributed by atoms with E-state index in [0.717, 1.165) is 117 Å². The zero-order valence-corrected chi connectivity index (χ0v) is 73.2. The van der Waals surface area contributed by atoms with Gasteiger partial charge in [0, 0.05) is 125 Å². The van der Waals surface area contributed by atoms with Crippen molar-refractivity contribution >= 4 is 0 Å². The second-order valence-corrected chi connectivity index (χ2v) is 32.2. The second kappa shape index (κ2) is 41.7. The van der Waals surface area contributed by atoms with Gasteiger partial charge in [0.05, 0.1) is 0 Å². The predicted octanol–water partition coefficient (Wildman–Crippen LogP) is 28.5. The van der Waals surface area contributed by atoms with Crippen LogP contribution in [0.5, 0.6) is 0 Å². The van der Waals surface area contributed by atoms with Crippen LogP contribution in [-0.2, 0) is 48.1 Å². The van der Waals surface area contributed by atoms with Gasteiger partial charge in [0.25, 0.3) is 0 Å². The number of hydrogen-bond acceptors (Lipinski definition) is 0. The fraction of sp³-hybridized carbons (Fsp3) is 0.280. The van der Waals surface area contributed by atoms with E-state index in [1.807, 2.05) is 253 Å². The van der Waals surface area contributed by atoms with E-state index in [0.29, 0.717) is 46.2 Å². The molecule has 5 nitrogen and oxygen atoms in total. The van der Waals surface area contributed by atoms with Crippen molar-refractivity contribution in [2.24, 2.45) is 35.2 Å². The van der Waals surface area contributed by atoms with Crippen molar-refractivity contribution in [1.82, 2.24) is 0 Å². The summed E-state index contributed by atoms with van der Waals surface area (Å²) in [5.41, 5.74) is 29.4. The first-order chi connectivity index (χ1) is 69.8. The van der Waals surface area contributed by atoms with Gasteiger partial charge in [-0.1, -0.05) is 279 Å². The van der Waals surface area contributed by atoms with Gasteiger partial charge in [-0.05, 0) is 258 Å². The number of nitrogens with zero attached hydrogens (tertiary/aromatic N) is 5. The normalized spacial score (nSPS) is 21.1. The molecular formula is C118H132N5+5. The molecule has 2 aliphatic rings. The fourth-order valence-electron chi connectivity index (χ4n) is 15.9. The SMILES string of the molecule is [2H]C([2H])([2H])C([2H])(C)c1cc(-c2cc[n+](C)c(-c3ccccc3C)c2)cc(C([2H])(C)C([2H])([2H])[2H])c1.[2H]C([2H])([2H])Cc1cc(CC([2H])([2H])[2H])cc(-c2cc[n+](C)c(-c3ccccc3C)c2)c1.[2H]C([2H])([2H])c1cc(C)cc(-c2cc[n+](C)c(-c3ccccc3C)c2)c1.[2H]C1([2H])CCC([2H])(c2cccc(-c3cc[n+](C)c(-c4ccccc4C)c3)c2)C1([2H])[2H].[2H]C1([2H])CCCC([2H])(c2cccc(-c3cc[n+](C)c(-c4ccccc4C)c3)c2)C1([2H])[2H]. The van der Waals surface area contributed by atoms with E-state index in [2.05, 4.69) is 114 Å². The predicted molar refractivity (Wildman–Crippen MR) is 520 cm³/mol. The van der Waals surface area contributed by atoms with Gasteiger partial charge >= 0.3 is 0 Å². The van der Waals surface area contributed by atoms with Crippen LogP contribution < -0.4 is 22.8 Å². The number of benzene rings is 10. The third kappa shape index (κ3) is 22.4. The summed E-state index contributed by atoms with van der Waals surface area (Å²) in [6.45, 7) is 3.26. The monoisotopic (exact) mass is 1650 g/mol. The number of rotatable bonds is 16. The van der Waals surface area contributed by atoms with Crippen molar-refractivity contribution in [2.75, 3.05) is 0 Å². The highest BCUT2D eigenvalue weighted by molar-refractivity contribution is 5.76. The molecule has 0 aliphatic heterocycles. The van der Waals surface area contributed by atoms with Crippen molar-refractivity contribution in [3.63, 3.8) is 0 Å². The van der Waals surface area contributed by atoms with E-state index in [-0.39, 0.29) is 43.2 Å². The molecule has 15 aromatic rings. The summed E-state index contributed by atoms with van der Waals surface area (Å²) < 4.78 is 228. The lowest BCUT2D eigenvalue weighted by Gasteiger charge is -2.22. The van der Waals surface area contributed by atoms with E-state index in [1.165, 1.54) is 42.2 Å². The molecule has 0 spiro atoms. The fourth-order valence-corrected chi connectivity index (χ4v) is 15.9. The molecule has 5 heteroatoms. The third-order valence-electron chi connectivity index (χ3n) is 23.0. The minimum Gasteiger partial charge on any atom is -0.201 e. The lowest BCUT2D eigenvalue weighted by atomic mass is 9.83. The highest BCUT2D eigenvalue weighted by Gasteiger charge is 2.24. The number of pyridine rings is 5. The van der Waals surface area contributed by atoms with Crippen LogP contribution in [0.4, 0.5) is 0 Å². The Labute approximate surface area is 775 Å². The van der Waals surface area contributed by atoms with Gasteiger partial charge in [0.2, 0.25) is 28.5 Å². The molecule has 5 heterocycles. The number of aryl methyl sites for hydroxylation is 14. The molecule has 2 aliphatic carbocycles. The van der Waals surface area contributed by atoms with Crippen LogP contribution in [-0.4, -0.2) is 0 Å². The van der Waals surface area contributed by atoms with Crippen molar-refractivity contribution in [1.29, 1.82) is 0 Å². The smallest absolute Gasteiger partial charge is 0.201 e. The molecule has 2 saturated carbocycles. The van der Waals surface area contributed by atoms with E-state index in [1.54, 1.807) is 42.5 Å². The molecule has 0 N–H and O–H groups in total. The molecule has 4 atom stereocenters. The molecule has 17 rings (SSSR count). The Hall–Kier alpha value is -12.1. The summed E-state index contributed by atoms with van der Waals surface area (Å²) in [4.78, 5) is 0. The van der Waals surface area contributed by atoms with Gasteiger partial charge in [-0.2, -0.15) is 0 Å². The van der Waals surface area contributed by atoms with Gasteiger partial charge in [-0.3, -0.25) is 0 Å². The maximum atomic E-state index is 9.00. The average Bonchev–Trinajstić information content (AvgIpc) is 1.43. The first-order valence-electron chi connectivity index (χ1n) is 55.7. The van der Waals surface area contributed by atoms with Crippen LogP contribution in [0.25, 0.3) is 112 Å². The number of aromatic nitrogens is 5. The van der Waals surface area contributed by atoms with Gasteiger partial charge in [0.15, 0.2) is 31.0 Å². The molecule has 0 bridgehead atoms. The molecule has 5 aromatic heterocycles. The lowest BCUT2D eigenvalue weighted by Crippen LogP contribution is -2.30. The van der Waals surface area contributed by atoms with Gasteiger partial charge < -0.3 is 0 Å². The molecule has 123 heavy (non-hydrogen) atoms. The highest BCUT2D eigenvalue weighted by atomic mass is 14.9. The summed E-state index contributed by atoms with van der Waals surface area (Å²) in [5.74, 6) is -7.20. The summed E-state index contributed by atoms with van der Waals surface area (Å²) in [6.07, 6.45) is 2.30. The Balaban J connectivity index is 0.000000157. The highest BCUT2D eigenvalue weighted by Crippen LogP contribution is 2.40. The summed E-state index contributed by atoms with van der Waals surface area (Å²) in [7, 11) is 9.96. The molecule has 0 radical (unpaired) electrons. The Bertz CT molecular complexity index is 7360. The topological polar surface area (TPSA) is 19.4 Å². The summed E-state index contributed by atoms with van der Waals surface area (Å²) >= 11 is 0. The van der Waals surface area contributed by atoms with E-state index < -0.39 is 83.3 Å². The van der Waals surface area contributed by atoms with Gasteiger partial charge in [-0.15, -0.1) is 0 Å². The van der Waals surface area contributed by atoms with Crippen LogP contribution in [0, 0.1) is 48.4 Å². The Morgan fingerprint density at radius 2 is 0.634 bits per heavy atom. The minimum atomic E-state index is -2.64. The molecule has 0 saturated heterocycles. The maximum absolute atomic E-state index is 9.00. The van der Waals surface area contributed by atoms with E-state index in [4.69, 9.17) is 37.0 Å². The van der Waals surface area contributed by atoms with Crippen LogP contribution in [0.3, 0.4) is 0 Å². The third-order valence-corrected chi connectivity index (χ3v) is 23.0. The van der Waals surface area contributed by atoms with Crippen molar-refractivity contribution in [3.8, 4) is 112 Å². The van der Waals surface area contributed by atoms with Crippen LogP contribution in [0.1, 0.15) is 232 Å². The quantitative estimate of drug-likeness (QED) is 0.0859. The maximum Gasteiger partial charge on any atom is 0.213 e. The minimum absolute atomic E-state index is 0.0479.